The molecule has 0 radical (unpaired) electrons. The Labute approximate surface area is 167 Å². The molecule has 2 aromatic carbocycles. The monoisotopic (exact) mass is 360 g/mol. The van der Waals surface area contributed by atoms with Gasteiger partial charge in [-0.25, -0.2) is 0 Å². The summed E-state index contributed by atoms with van der Waals surface area (Å²) >= 11 is 0. The molecule has 0 aliphatic heterocycles. The molecule has 0 heteroatoms. The van der Waals surface area contributed by atoms with Crippen molar-refractivity contribution in [2.45, 2.75) is 72.6 Å². The maximum Gasteiger partial charge on any atom is -0.0100 e. The maximum atomic E-state index is 4.01. The lowest BCUT2D eigenvalue weighted by Gasteiger charge is -2.42. The molecule has 2 aromatic rings. The summed E-state index contributed by atoms with van der Waals surface area (Å²) in [5, 5.41) is 0. The predicted molar refractivity (Wildman–Crippen MR) is 123 cm³/mol. The van der Waals surface area contributed by atoms with Crippen LogP contribution in [0.2, 0.25) is 0 Å². The topological polar surface area (TPSA) is 0 Å². The summed E-state index contributed by atoms with van der Waals surface area (Å²) in [6.07, 6.45) is 7.00. The van der Waals surface area contributed by atoms with Gasteiger partial charge in [0.05, 0.1) is 0 Å². The second-order valence-electron chi connectivity index (χ2n) is 9.26. The molecule has 0 unspecified atom stereocenters. The fourth-order valence-electron chi connectivity index (χ4n) is 3.98. The first-order valence-corrected chi connectivity index (χ1v) is 9.70. The van der Waals surface area contributed by atoms with Crippen LogP contribution in [0.1, 0.15) is 88.3 Å². The highest BCUT2D eigenvalue weighted by Crippen LogP contribution is 2.46. The Kier molecular flexibility index (Phi) is 5.90. The molecule has 0 atom stereocenters. The van der Waals surface area contributed by atoms with Gasteiger partial charge in [0.15, 0.2) is 0 Å². The van der Waals surface area contributed by atoms with Crippen LogP contribution in [0.4, 0.5) is 0 Å². The van der Waals surface area contributed by atoms with Crippen LogP contribution in [0.15, 0.2) is 43.0 Å². The van der Waals surface area contributed by atoms with Gasteiger partial charge in [0.25, 0.3) is 0 Å². The smallest absolute Gasteiger partial charge is 0.0100 e. The van der Waals surface area contributed by atoms with E-state index in [9.17, 15) is 0 Å². The highest BCUT2D eigenvalue weighted by Gasteiger charge is 2.37. The molecule has 1 aliphatic carbocycles. The standard InChI is InChI=1S/C26H32.CH4/c1-18(2)21-11-8-20(9-12-21)10-13-22-17-24-23(16-19(22)3)25(4,5)14-15-26(24,6)7;/h8-13,16-17H,1,14-15H2,2-7H3;1H4/b13-10+;. The Balaban J connectivity index is 0.00000261. The minimum absolute atomic E-state index is 0. The first kappa shape index (κ1) is 21.2. The minimum atomic E-state index is 0. The van der Waals surface area contributed by atoms with Gasteiger partial charge in [-0.3, -0.25) is 0 Å². The molecular formula is C27H36. The SMILES string of the molecule is C.C=C(C)c1ccc(/C=C/c2cc3c(cc2C)C(C)(C)CCC3(C)C)cc1. The third kappa shape index (κ3) is 4.26. The van der Waals surface area contributed by atoms with Crippen LogP contribution < -0.4 is 0 Å². The minimum Gasteiger partial charge on any atom is -0.0955 e. The summed E-state index contributed by atoms with van der Waals surface area (Å²) in [6, 6.07) is 13.5. The van der Waals surface area contributed by atoms with Crippen molar-refractivity contribution < 1.29 is 0 Å². The molecule has 27 heavy (non-hydrogen) atoms. The van der Waals surface area contributed by atoms with Crippen molar-refractivity contribution >= 4 is 17.7 Å². The normalized spacial score (nSPS) is 17.3. The molecule has 0 nitrogen and oxygen atoms in total. The summed E-state index contributed by atoms with van der Waals surface area (Å²) in [5.74, 6) is 0. The molecule has 0 N–H and O–H groups in total. The highest BCUT2D eigenvalue weighted by molar-refractivity contribution is 5.73. The highest BCUT2D eigenvalue weighted by atomic mass is 14.4. The molecule has 1 aliphatic rings. The molecule has 0 fully saturated rings. The van der Waals surface area contributed by atoms with Gasteiger partial charge in [-0.2, -0.15) is 0 Å². The fraction of sp³-hybridized carbons (Fsp3) is 0.407. The van der Waals surface area contributed by atoms with Crippen LogP contribution in [-0.2, 0) is 10.8 Å². The van der Waals surface area contributed by atoms with Gasteiger partial charge in [-0.15, -0.1) is 0 Å². The van der Waals surface area contributed by atoms with E-state index in [2.05, 4.69) is 89.7 Å². The van der Waals surface area contributed by atoms with E-state index in [1.54, 1.807) is 0 Å². The van der Waals surface area contributed by atoms with Crippen molar-refractivity contribution in [3.63, 3.8) is 0 Å². The van der Waals surface area contributed by atoms with Crippen molar-refractivity contribution in [3.8, 4) is 0 Å². The first-order chi connectivity index (χ1) is 12.1. The van der Waals surface area contributed by atoms with E-state index >= 15 is 0 Å². The third-order valence-electron chi connectivity index (χ3n) is 6.10. The van der Waals surface area contributed by atoms with Crippen LogP contribution in [0.3, 0.4) is 0 Å². The summed E-state index contributed by atoms with van der Waals surface area (Å²) in [6.45, 7) is 17.8. The molecule has 0 saturated carbocycles. The van der Waals surface area contributed by atoms with E-state index in [4.69, 9.17) is 0 Å². The number of hydrogen-bond acceptors (Lipinski definition) is 0. The average molecular weight is 361 g/mol. The Bertz CT molecular complexity index is 858. The molecule has 0 bridgehead atoms. The fourth-order valence-corrected chi connectivity index (χ4v) is 3.98. The summed E-state index contributed by atoms with van der Waals surface area (Å²) in [5.41, 5.74) is 9.83. The lowest BCUT2D eigenvalue weighted by atomic mass is 9.62. The van der Waals surface area contributed by atoms with Gasteiger partial charge in [0.2, 0.25) is 0 Å². The number of benzene rings is 2. The molecule has 3 rings (SSSR count). The quantitative estimate of drug-likeness (QED) is 0.484. The predicted octanol–water partition coefficient (Wildman–Crippen LogP) is 8.18. The number of fused-ring (bicyclic) bond motifs is 1. The largest absolute Gasteiger partial charge is 0.0955 e. The Hall–Kier alpha value is -2.08. The molecule has 0 amide bonds. The zero-order valence-electron chi connectivity index (χ0n) is 17.2. The van der Waals surface area contributed by atoms with Crippen molar-refractivity contribution in [1.82, 2.24) is 0 Å². The summed E-state index contributed by atoms with van der Waals surface area (Å²) in [7, 11) is 0. The lowest BCUT2D eigenvalue weighted by molar-refractivity contribution is 0.331. The Morgan fingerprint density at radius 1 is 0.889 bits per heavy atom. The van der Waals surface area contributed by atoms with E-state index in [0.29, 0.717) is 0 Å². The zero-order chi connectivity index (χ0) is 19.1. The van der Waals surface area contributed by atoms with Crippen LogP contribution in [0, 0.1) is 6.92 Å². The van der Waals surface area contributed by atoms with Crippen LogP contribution in [0.5, 0.6) is 0 Å². The van der Waals surface area contributed by atoms with E-state index < -0.39 is 0 Å². The lowest BCUT2D eigenvalue weighted by Crippen LogP contribution is -2.34. The Morgan fingerprint density at radius 2 is 1.41 bits per heavy atom. The molecule has 0 saturated heterocycles. The zero-order valence-corrected chi connectivity index (χ0v) is 17.2. The number of rotatable bonds is 3. The van der Waals surface area contributed by atoms with E-state index in [1.165, 1.54) is 46.2 Å². The van der Waals surface area contributed by atoms with E-state index in [0.717, 1.165) is 5.57 Å². The Morgan fingerprint density at radius 3 is 1.93 bits per heavy atom. The first-order valence-electron chi connectivity index (χ1n) is 9.70. The van der Waals surface area contributed by atoms with Gasteiger partial charge in [0, 0.05) is 0 Å². The van der Waals surface area contributed by atoms with Crippen molar-refractivity contribution in [1.29, 1.82) is 0 Å². The second kappa shape index (κ2) is 7.50. The molecule has 0 aromatic heterocycles. The molecule has 0 spiro atoms. The number of allylic oxidation sites excluding steroid dienone is 1. The number of aryl methyl sites for hydroxylation is 1. The average Bonchev–Trinajstić information content (AvgIpc) is 2.58. The van der Waals surface area contributed by atoms with Gasteiger partial charge in [-0.05, 0) is 70.9 Å². The number of hydrogen-bond donors (Lipinski definition) is 0. The second-order valence-corrected chi connectivity index (χ2v) is 9.26. The summed E-state index contributed by atoms with van der Waals surface area (Å²) in [4.78, 5) is 0. The van der Waals surface area contributed by atoms with Crippen molar-refractivity contribution in [2.24, 2.45) is 0 Å². The molecule has 144 valence electrons. The van der Waals surface area contributed by atoms with Gasteiger partial charge < -0.3 is 0 Å². The van der Waals surface area contributed by atoms with Gasteiger partial charge in [-0.1, -0.05) is 95.8 Å². The van der Waals surface area contributed by atoms with Crippen LogP contribution in [-0.4, -0.2) is 0 Å². The van der Waals surface area contributed by atoms with Gasteiger partial charge >= 0.3 is 0 Å². The van der Waals surface area contributed by atoms with Crippen LogP contribution >= 0.6 is 0 Å². The van der Waals surface area contributed by atoms with E-state index in [1.807, 2.05) is 6.92 Å². The van der Waals surface area contributed by atoms with Crippen molar-refractivity contribution in [3.05, 3.63) is 76.4 Å². The maximum absolute atomic E-state index is 4.01. The molecular weight excluding hydrogens is 324 g/mol. The van der Waals surface area contributed by atoms with E-state index in [-0.39, 0.29) is 18.3 Å². The molecule has 0 heterocycles. The summed E-state index contributed by atoms with van der Waals surface area (Å²) < 4.78 is 0. The van der Waals surface area contributed by atoms with Crippen molar-refractivity contribution in [2.75, 3.05) is 0 Å². The third-order valence-corrected chi connectivity index (χ3v) is 6.10. The van der Waals surface area contributed by atoms with Gasteiger partial charge in [0.1, 0.15) is 0 Å². The van der Waals surface area contributed by atoms with Crippen LogP contribution in [0.25, 0.3) is 17.7 Å².